The first-order chi connectivity index (χ1) is 10.2. The van der Waals surface area contributed by atoms with Gasteiger partial charge in [0.05, 0.1) is 17.5 Å². The van der Waals surface area contributed by atoms with Crippen molar-refractivity contribution in [1.29, 1.82) is 0 Å². The molecule has 1 aromatic heterocycles. The number of hydrogen-bond donors (Lipinski definition) is 1. The average molecular weight is 285 g/mol. The fourth-order valence-electron chi connectivity index (χ4n) is 3.02. The van der Waals surface area contributed by atoms with Crippen LogP contribution in [0.2, 0.25) is 0 Å². The van der Waals surface area contributed by atoms with Crippen LogP contribution < -0.4 is 5.56 Å². The summed E-state index contributed by atoms with van der Waals surface area (Å²) in [5, 5.41) is 7.92. The summed E-state index contributed by atoms with van der Waals surface area (Å²) < 4.78 is 0. The Kier molecular flexibility index (Phi) is 3.73. The number of amides is 1. The van der Waals surface area contributed by atoms with Crippen molar-refractivity contribution in [1.82, 2.24) is 15.1 Å². The molecule has 5 nitrogen and oxygen atoms in total. The third kappa shape index (κ3) is 2.68. The van der Waals surface area contributed by atoms with Crippen molar-refractivity contribution in [2.24, 2.45) is 0 Å². The van der Waals surface area contributed by atoms with Crippen molar-refractivity contribution in [2.75, 3.05) is 6.54 Å². The lowest BCUT2D eigenvalue weighted by Gasteiger charge is -2.33. The number of likely N-dealkylation sites (tertiary alicyclic amines) is 1. The van der Waals surface area contributed by atoms with E-state index >= 15 is 0 Å². The van der Waals surface area contributed by atoms with Gasteiger partial charge in [0, 0.05) is 18.0 Å². The van der Waals surface area contributed by atoms with E-state index in [2.05, 4.69) is 17.1 Å². The van der Waals surface area contributed by atoms with Gasteiger partial charge in [-0.1, -0.05) is 18.2 Å². The van der Waals surface area contributed by atoms with Gasteiger partial charge in [-0.25, -0.2) is 5.10 Å². The number of aromatic amines is 1. The number of hydrogen-bond acceptors (Lipinski definition) is 3. The Morgan fingerprint density at radius 2 is 2.10 bits per heavy atom. The Hall–Kier alpha value is -2.17. The summed E-state index contributed by atoms with van der Waals surface area (Å²) in [7, 11) is 0. The number of H-pyrrole nitrogens is 1. The van der Waals surface area contributed by atoms with E-state index in [1.807, 2.05) is 23.1 Å². The van der Waals surface area contributed by atoms with Crippen LogP contribution >= 0.6 is 0 Å². The number of piperidine rings is 1. The highest BCUT2D eigenvalue weighted by Gasteiger charge is 2.24. The van der Waals surface area contributed by atoms with Crippen molar-refractivity contribution in [3.05, 3.63) is 40.3 Å². The van der Waals surface area contributed by atoms with Crippen LogP contribution in [-0.2, 0) is 11.2 Å². The summed E-state index contributed by atoms with van der Waals surface area (Å²) in [6.45, 7) is 2.91. The molecule has 1 aliphatic rings. The monoisotopic (exact) mass is 285 g/mol. The normalized spacial score (nSPS) is 18.9. The second-order valence-electron chi connectivity index (χ2n) is 5.65. The predicted octanol–water partition coefficient (Wildman–Crippen LogP) is 1.87. The van der Waals surface area contributed by atoms with Crippen LogP contribution in [0.25, 0.3) is 10.8 Å². The minimum absolute atomic E-state index is 0.0897. The standard InChI is InChI=1S/C16H19N3O2/c1-11-6-4-5-9-19(11)15(20)10-14-12-7-2-3-8-13(12)16(21)18-17-14/h2-3,7-8,11H,4-6,9-10H2,1H3,(H,18,21)/t11-/m1/s1. The number of fused-ring (bicyclic) bond motifs is 1. The van der Waals surface area contributed by atoms with Gasteiger partial charge >= 0.3 is 0 Å². The second kappa shape index (κ2) is 5.68. The van der Waals surface area contributed by atoms with Crippen LogP contribution in [-0.4, -0.2) is 33.6 Å². The molecule has 0 aliphatic carbocycles. The van der Waals surface area contributed by atoms with Crippen LogP contribution in [0.5, 0.6) is 0 Å². The van der Waals surface area contributed by atoms with E-state index in [-0.39, 0.29) is 17.9 Å². The van der Waals surface area contributed by atoms with E-state index < -0.39 is 0 Å². The van der Waals surface area contributed by atoms with E-state index in [9.17, 15) is 9.59 Å². The number of rotatable bonds is 2. The third-order valence-electron chi connectivity index (χ3n) is 4.22. The molecule has 5 heteroatoms. The number of carbonyl (C=O) groups is 1. The Labute approximate surface area is 123 Å². The van der Waals surface area contributed by atoms with Gasteiger partial charge in [0.25, 0.3) is 5.56 Å². The Bertz CT molecular complexity index is 723. The van der Waals surface area contributed by atoms with Crippen LogP contribution in [0.15, 0.2) is 29.1 Å². The molecular weight excluding hydrogens is 266 g/mol. The van der Waals surface area contributed by atoms with E-state index in [4.69, 9.17) is 0 Å². The van der Waals surface area contributed by atoms with E-state index in [0.29, 0.717) is 17.1 Å². The molecule has 1 amide bonds. The molecule has 1 N–H and O–H groups in total. The number of nitrogens with one attached hydrogen (secondary N) is 1. The van der Waals surface area contributed by atoms with Crippen molar-refractivity contribution in [2.45, 2.75) is 38.6 Å². The molecule has 1 aromatic carbocycles. The molecule has 1 aliphatic heterocycles. The largest absolute Gasteiger partial charge is 0.340 e. The number of benzene rings is 1. The molecule has 2 aromatic rings. The van der Waals surface area contributed by atoms with E-state index in [0.717, 1.165) is 24.8 Å². The van der Waals surface area contributed by atoms with Gasteiger partial charge in [-0.3, -0.25) is 9.59 Å². The zero-order valence-corrected chi connectivity index (χ0v) is 12.1. The molecule has 0 spiro atoms. The number of nitrogens with zero attached hydrogens (tertiary/aromatic N) is 2. The summed E-state index contributed by atoms with van der Waals surface area (Å²) in [6.07, 6.45) is 3.55. The molecule has 0 radical (unpaired) electrons. The molecular formula is C16H19N3O2. The Balaban J connectivity index is 1.90. The number of aromatic nitrogens is 2. The van der Waals surface area contributed by atoms with Crippen molar-refractivity contribution >= 4 is 16.7 Å². The fraction of sp³-hybridized carbons (Fsp3) is 0.438. The zero-order chi connectivity index (χ0) is 14.8. The zero-order valence-electron chi connectivity index (χ0n) is 12.1. The Morgan fingerprint density at radius 1 is 1.33 bits per heavy atom. The molecule has 1 atom stereocenters. The lowest BCUT2D eigenvalue weighted by atomic mass is 10.0. The first kappa shape index (κ1) is 13.8. The molecule has 2 heterocycles. The lowest BCUT2D eigenvalue weighted by Crippen LogP contribution is -2.43. The molecule has 1 fully saturated rings. The minimum Gasteiger partial charge on any atom is -0.340 e. The molecule has 110 valence electrons. The van der Waals surface area contributed by atoms with Gasteiger partial charge in [0.2, 0.25) is 5.91 Å². The summed E-state index contributed by atoms with van der Waals surface area (Å²) in [6, 6.07) is 7.57. The van der Waals surface area contributed by atoms with Gasteiger partial charge < -0.3 is 4.90 Å². The maximum Gasteiger partial charge on any atom is 0.272 e. The number of carbonyl (C=O) groups excluding carboxylic acids is 1. The van der Waals surface area contributed by atoms with Crippen molar-refractivity contribution < 1.29 is 4.79 Å². The van der Waals surface area contributed by atoms with E-state index in [1.54, 1.807) is 6.07 Å². The Morgan fingerprint density at radius 3 is 2.86 bits per heavy atom. The first-order valence-electron chi connectivity index (χ1n) is 7.42. The highest BCUT2D eigenvalue weighted by molar-refractivity contribution is 5.88. The highest BCUT2D eigenvalue weighted by Crippen LogP contribution is 2.19. The van der Waals surface area contributed by atoms with Crippen LogP contribution in [0.4, 0.5) is 0 Å². The lowest BCUT2D eigenvalue weighted by molar-refractivity contribution is -0.133. The van der Waals surface area contributed by atoms with Crippen LogP contribution in [0, 0.1) is 0 Å². The predicted molar refractivity (Wildman–Crippen MR) is 81.1 cm³/mol. The maximum atomic E-state index is 12.5. The molecule has 0 bridgehead atoms. The third-order valence-corrected chi connectivity index (χ3v) is 4.22. The highest BCUT2D eigenvalue weighted by atomic mass is 16.2. The van der Waals surface area contributed by atoms with Crippen molar-refractivity contribution in [3.63, 3.8) is 0 Å². The molecule has 1 saturated heterocycles. The minimum atomic E-state index is -0.215. The summed E-state index contributed by atoms with van der Waals surface area (Å²) in [5.41, 5.74) is 0.432. The van der Waals surface area contributed by atoms with E-state index in [1.165, 1.54) is 6.42 Å². The van der Waals surface area contributed by atoms with Crippen LogP contribution in [0.3, 0.4) is 0 Å². The summed E-state index contributed by atoms with van der Waals surface area (Å²) in [4.78, 5) is 26.2. The summed E-state index contributed by atoms with van der Waals surface area (Å²) >= 11 is 0. The molecule has 21 heavy (non-hydrogen) atoms. The topological polar surface area (TPSA) is 66.1 Å². The molecule has 0 unspecified atom stereocenters. The SMILES string of the molecule is C[C@@H]1CCCCN1C(=O)Cc1n[nH]c(=O)c2ccccc12. The fourth-order valence-corrected chi connectivity index (χ4v) is 3.02. The average Bonchev–Trinajstić information content (AvgIpc) is 2.51. The van der Waals surface area contributed by atoms with Gasteiger partial charge in [-0.05, 0) is 32.3 Å². The van der Waals surface area contributed by atoms with Gasteiger partial charge in [0.1, 0.15) is 0 Å². The maximum absolute atomic E-state index is 12.5. The molecule has 3 rings (SSSR count). The second-order valence-corrected chi connectivity index (χ2v) is 5.65. The smallest absolute Gasteiger partial charge is 0.272 e. The van der Waals surface area contributed by atoms with Gasteiger partial charge in [-0.2, -0.15) is 5.10 Å². The summed E-state index contributed by atoms with van der Waals surface area (Å²) in [5.74, 6) is 0.0897. The van der Waals surface area contributed by atoms with Gasteiger partial charge in [0.15, 0.2) is 0 Å². The first-order valence-corrected chi connectivity index (χ1v) is 7.42. The van der Waals surface area contributed by atoms with Crippen molar-refractivity contribution in [3.8, 4) is 0 Å². The van der Waals surface area contributed by atoms with Crippen LogP contribution in [0.1, 0.15) is 31.9 Å². The quantitative estimate of drug-likeness (QED) is 0.916. The van der Waals surface area contributed by atoms with Gasteiger partial charge in [-0.15, -0.1) is 0 Å². The molecule has 0 saturated carbocycles.